The Balaban J connectivity index is 2.08. The zero-order valence-corrected chi connectivity index (χ0v) is 9.07. The second-order valence-corrected chi connectivity index (χ2v) is 4.14. The van der Waals surface area contributed by atoms with E-state index >= 15 is 0 Å². The molecule has 0 radical (unpaired) electrons. The number of carbonyl (C=O) groups excluding carboxylic acids is 1. The summed E-state index contributed by atoms with van der Waals surface area (Å²) in [5.74, 6) is -1.41. The van der Waals surface area contributed by atoms with Crippen LogP contribution in [0.3, 0.4) is 0 Å². The van der Waals surface area contributed by atoms with Crippen molar-refractivity contribution in [2.24, 2.45) is 5.41 Å². The monoisotopic (exact) mass is 231 g/mol. The Bertz CT molecular complexity index is 262. The van der Waals surface area contributed by atoms with Gasteiger partial charge in [0.15, 0.2) is 0 Å². The lowest BCUT2D eigenvalue weighted by Gasteiger charge is -2.14. The number of ether oxygens (including phenoxy) is 1. The van der Waals surface area contributed by atoms with E-state index in [0.717, 1.165) is 12.8 Å². The van der Waals surface area contributed by atoms with Crippen molar-refractivity contribution < 1.29 is 24.5 Å². The van der Waals surface area contributed by atoms with Crippen molar-refractivity contribution in [1.29, 1.82) is 0 Å². The summed E-state index contributed by atoms with van der Waals surface area (Å²) < 4.78 is 4.64. The molecular formula is C10H17NO5. The number of hydrogen-bond acceptors (Lipinski definition) is 4. The van der Waals surface area contributed by atoms with Crippen LogP contribution in [0.15, 0.2) is 0 Å². The molecule has 92 valence electrons. The number of carboxylic acids is 1. The summed E-state index contributed by atoms with van der Waals surface area (Å²) >= 11 is 0. The van der Waals surface area contributed by atoms with Crippen LogP contribution in [0.5, 0.6) is 0 Å². The molecule has 6 heteroatoms. The van der Waals surface area contributed by atoms with Gasteiger partial charge < -0.3 is 20.3 Å². The highest BCUT2D eigenvalue weighted by atomic mass is 16.5. The average Bonchev–Trinajstić information content (AvgIpc) is 2.96. The van der Waals surface area contributed by atoms with E-state index in [0.29, 0.717) is 13.0 Å². The average molecular weight is 231 g/mol. The number of aliphatic hydroxyl groups excluding tert-OH is 1. The van der Waals surface area contributed by atoms with Gasteiger partial charge >= 0.3 is 5.97 Å². The van der Waals surface area contributed by atoms with Crippen molar-refractivity contribution in [2.75, 3.05) is 26.4 Å². The molecular weight excluding hydrogens is 214 g/mol. The number of aliphatic hydroxyl groups is 1. The van der Waals surface area contributed by atoms with Crippen LogP contribution >= 0.6 is 0 Å². The van der Waals surface area contributed by atoms with Crippen molar-refractivity contribution in [2.45, 2.75) is 19.3 Å². The van der Waals surface area contributed by atoms with E-state index in [4.69, 9.17) is 10.2 Å². The Morgan fingerprint density at radius 1 is 1.31 bits per heavy atom. The molecule has 0 aromatic heterocycles. The van der Waals surface area contributed by atoms with Gasteiger partial charge in [0.1, 0.15) is 13.2 Å². The summed E-state index contributed by atoms with van der Waals surface area (Å²) in [6.45, 7) is -0.0368. The van der Waals surface area contributed by atoms with E-state index in [1.165, 1.54) is 0 Å². The molecule has 0 atom stereocenters. The van der Waals surface area contributed by atoms with Crippen molar-refractivity contribution in [1.82, 2.24) is 5.32 Å². The van der Waals surface area contributed by atoms with Crippen LogP contribution in [-0.4, -0.2) is 48.5 Å². The summed E-state index contributed by atoms with van der Waals surface area (Å²) in [5, 5.41) is 19.8. The van der Waals surface area contributed by atoms with Gasteiger partial charge in [0.05, 0.1) is 0 Å². The highest BCUT2D eigenvalue weighted by Gasteiger charge is 2.41. The minimum Gasteiger partial charge on any atom is -0.480 e. The molecule has 16 heavy (non-hydrogen) atoms. The Labute approximate surface area is 93.6 Å². The molecule has 0 saturated heterocycles. The Kier molecular flexibility index (Phi) is 4.70. The van der Waals surface area contributed by atoms with Gasteiger partial charge in [-0.15, -0.1) is 0 Å². The standard InChI is InChI=1S/C10H17NO5/c12-4-3-10(1-2-10)7-11-8(13)5-16-6-9(14)15/h12H,1-7H2,(H,11,13)(H,14,15). The molecule has 0 aromatic rings. The van der Waals surface area contributed by atoms with Gasteiger partial charge in [-0.05, 0) is 24.7 Å². The van der Waals surface area contributed by atoms with E-state index in [9.17, 15) is 9.59 Å². The lowest BCUT2D eigenvalue weighted by molar-refractivity contribution is -0.143. The maximum absolute atomic E-state index is 11.2. The van der Waals surface area contributed by atoms with E-state index in [-0.39, 0.29) is 24.5 Å². The van der Waals surface area contributed by atoms with Crippen LogP contribution in [-0.2, 0) is 14.3 Å². The summed E-state index contributed by atoms with van der Waals surface area (Å²) in [4.78, 5) is 21.3. The molecule has 1 rings (SSSR count). The lowest BCUT2D eigenvalue weighted by atomic mass is 10.0. The highest BCUT2D eigenvalue weighted by Crippen LogP contribution is 2.47. The van der Waals surface area contributed by atoms with Gasteiger partial charge in [0.2, 0.25) is 5.91 Å². The first kappa shape index (κ1) is 12.9. The predicted molar refractivity (Wildman–Crippen MR) is 54.8 cm³/mol. The predicted octanol–water partition coefficient (Wildman–Crippen LogP) is -0.634. The topological polar surface area (TPSA) is 95.9 Å². The zero-order valence-electron chi connectivity index (χ0n) is 9.07. The molecule has 0 bridgehead atoms. The third-order valence-corrected chi connectivity index (χ3v) is 2.72. The van der Waals surface area contributed by atoms with Crippen LogP contribution in [0.1, 0.15) is 19.3 Å². The van der Waals surface area contributed by atoms with Gasteiger partial charge in [0.25, 0.3) is 0 Å². The molecule has 1 amide bonds. The van der Waals surface area contributed by atoms with Crippen LogP contribution in [0.25, 0.3) is 0 Å². The van der Waals surface area contributed by atoms with E-state index in [1.54, 1.807) is 0 Å². The number of nitrogens with one attached hydrogen (secondary N) is 1. The smallest absolute Gasteiger partial charge is 0.329 e. The normalized spacial score (nSPS) is 16.8. The second kappa shape index (κ2) is 5.81. The van der Waals surface area contributed by atoms with Crippen LogP contribution in [0.2, 0.25) is 0 Å². The number of hydrogen-bond donors (Lipinski definition) is 3. The quantitative estimate of drug-likeness (QED) is 0.516. The van der Waals surface area contributed by atoms with Crippen molar-refractivity contribution in [3.05, 3.63) is 0 Å². The Morgan fingerprint density at radius 3 is 2.50 bits per heavy atom. The summed E-state index contributed by atoms with van der Waals surface area (Å²) in [6.07, 6.45) is 2.73. The fourth-order valence-corrected chi connectivity index (χ4v) is 1.50. The number of rotatable bonds is 8. The van der Waals surface area contributed by atoms with Crippen LogP contribution in [0, 0.1) is 5.41 Å². The molecule has 0 heterocycles. The van der Waals surface area contributed by atoms with Crippen molar-refractivity contribution in [3.8, 4) is 0 Å². The molecule has 0 aromatic carbocycles. The molecule has 1 fully saturated rings. The van der Waals surface area contributed by atoms with Crippen LogP contribution < -0.4 is 5.32 Å². The summed E-state index contributed by atoms with van der Waals surface area (Å²) in [7, 11) is 0. The van der Waals surface area contributed by atoms with Crippen molar-refractivity contribution >= 4 is 11.9 Å². The van der Waals surface area contributed by atoms with E-state index < -0.39 is 12.6 Å². The highest BCUT2D eigenvalue weighted by molar-refractivity contribution is 5.77. The minimum atomic E-state index is -1.09. The molecule has 0 spiro atoms. The van der Waals surface area contributed by atoms with Gasteiger partial charge in [-0.2, -0.15) is 0 Å². The van der Waals surface area contributed by atoms with E-state index in [1.807, 2.05) is 0 Å². The van der Waals surface area contributed by atoms with Gasteiger partial charge in [-0.3, -0.25) is 4.79 Å². The van der Waals surface area contributed by atoms with Gasteiger partial charge in [0, 0.05) is 13.2 Å². The number of carboxylic acid groups (broad SMARTS) is 1. The second-order valence-electron chi connectivity index (χ2n) is 4.14. The van der Waals surface area contributed by atoms with Crippen LogP contribution in [0.4, 0.5) is 0 Å². The molecule has 6 nitrogen and oxygen atoms in total. The zero-order chi connectivity index (χ0) is 12.0. The maximum atomic E-state index is 11.2. The van der Waals surface area contributed by atoms with Gasteiger partial charge in [-0.1, -0.05) is 0 Å². The first-order chi connectivity index (χ1) is 7.58. The molecule has 3 N–H and O–H groups in total. The largest absolute Gasteiger partial charge is 0.480 e. The number of aliphatic carboxylic acids is 1. The first-order valence-corrected chi connectivity index (χ1v) is 5.25. The molecule has 0 unspecified atom stereocenters. The third kappa shape index (κ3) is 4.59. The molecule has 1 saturated carbocycles. The minimum absolute atomic E-state index is 0.0667. The van der Waals surface area contributed by atoms with E-state index in [2.05, 4.69) is 10.1 Å². The Morgan fingerprint density at radius 2 is 2.00 bits per heavy atom. The summed E-state index contributed by atoms with van der Waals surface area (Å²) in [5.41, 5.74) is 0.0667. The third-order valence-electron chi connectivity index (χ3n) is 2.72. The van der Waals surface area contributed by atoms with Crippen molar-refractivity contribution in [3.63, 3.8) is 0 Å². The number of amides is 1. The molecule has 0 aliphatic heterocycles. The fourth-order valence-electron chi connectivity index (χ4n) is 1.50. The molecule has 1 aliphatic rings. The maximum Gasteiger partial charge on any atom is 0.329 e. The summed E-state index contributed by atoms with van der Waals surface area (Å²) in [6, 6.07) is 0. The number of carbonyl (C=O) groups is 2. The Hall–Kier alpha value is -1.14. The molecule has 1 aliphatic carbocycles. The lowest BCUT2D eigenvalue weighted by Crippen LogP contribution is -2.33. The first-order valence-electron chi connectivity index (χ1n) is 5.25. The SMILES string of the molecule is O=C(O)COCC(=O)NCC1(CCO)CC1. The van der Waals surface area contributed by atoms with Gasteiger partial charge in [-0.25, -0.2) is 4.79 Å². The fraction of sp³-hybridized carbons (Fsp3) is 0.800.